The van der Waals surface area contributed by atoms with Crippen LogP contribution in [0.25, 0.3) is 0 Å². The molecule has 0 aromatic carbocycles. The minimum absolute atomic E-state index is 0.990. The number of rotatable bonds is 2. The van der Waals surface area contributed by atoms with E-state index in [-0.39, 0.29) is 0 Å². The molecule has 0 aromatic heterocycles. The van der Waals surface area contributed by atoms with E-state index in [0.717, 1.165) is 13.8 Å². The third kappa shape index (κ3) is 5.27. The number of alkyl halides is 2. The van der Waals surface area contributed by atoms with Gasteiger partial charge in [0.05, 0.1) is 0 Å². The quantitative estimate of drug-likeness (QED) is 0.568. The monoisotopic (exact) mass is 154 g/mol. The first-order valence-electron chi connectivity index (χ1n) is 2.67. The highest BCUT2D eigenvalue weighted by Crippen LogP contribution is 1.98. The van der Waals surface area contributed by atoms with E-state index in [1.807, 2.05) is 0 Å². The minimum Gasteiger partial charge on any atom is -0.400 e. The molecule has 0 bridgehead atoms. The number of carbonyl (C=O) groups excluding carboxylic acids is 1. The summed E-state index contributed by atoms with van der Waals surface area (Å²) in [4.78, 5) is 10.1. The Kier molecular flexibility index (Phi) is 3.68. The highest BCUT2D eigenvalue weighted by Gasteiger charge is 2.11. The van der Waals surface area contributed by atoms with Gasteiger partial charge in [-0.25, -0.2) is 13.6 Å². The summed E-state index contributed by atoms with van der Waals surface area (Å²) in [7, 11) is 0. The van der Waals surface area contributed by atoms with Crippen molar-refractivity contribution < 1.29 is 23.0 Å². The van der Waals surface area contributed by atoms with Gasteiger partial charge in [0.25, 0.3) is 0 Å². The second-order valence-corrected chi connectivity index (χ2v) is 1.57. The Morgan fingerprint density at radius 2 is 1.50 bits per heavy atom. The Labute approximate surface area is 56.9 Å². The fourth-order valence-corrected chi connectivity index (χ4v) is 0.293. The van der Waals surface area contributed by atoms with Crippen LogP contribution in [0.4, 0.5) is 13.6 Å². The van der Waals surface area contributed by atoms with Crippen LogP contribution in [0.15, 0.2) is 0 Å². The van der Waals surface area contributed by atoms with Gasteiger partial charge in [-0.1, -0.05) is 0 Å². The molecule has 0 heterocycles. The predicted molar refractivity (Wildman–Crippen MR) is 28.7 cm³/mol. The van der Waals surface area contributed by atoms with Gasteiger partial charge in [0.15, 0.2) is 0 Å². The van der Waals surface area contributed by atoms with Crippen LogP contribution in [0.3, 0.4) is 0 Å². The molecule has 0 aliphatic rings. The Morgan fingerprint density at radius 3 is 1.70 bits per heavy atom. The van der Waals surface area contributed by atoms with Crippen molar-refractivity contribution in [3.05, 3.63) is 0 Å². The van der Waals surface area contributed by atoms with Crippen molar-refractivity contribution in [1.82, 2.24) is 0 Å². The number of hydrogen-bond acceptors (Lipinski definition) is 3. The highest BCUT2D eigenvalue weighted by molar-refractivity contribution is 5.59. The Bertz CT molecular complexity index is 101. The first kappa shape index (κ1) is 9.13. The third-order valence-electron chi connectivity index (χ3n) is 0.517. The smallest absolute Gasteiger partial charge is 0.400 e. The molecule has 3 nitrogen and oxygen atoms in total. The molecule has 60 valence electrons. The highest BCUT2D eigenvalue weighted by atomic mass is 19.2. The van der Waals surface area contributed by atoms with Crippen molar-refractivity contribution in [2.75, 3.05) is 0 Å². The van der Waals surface area contributed by atoms with E-state index in [9.17, 15) is 13.6 Å². The SMILES string of the molecule is C[C@@H](F)OC(=O)O[C@@H](C)F. The van der Waals surface area contributed by atoms with E-state index < -0.39 is 18.9 Å². The van der Waals surface area contributed by atoms with Crippen LogP contribution in [-0.2, 0) is 9.47 Å². The van der Waals surface area contributed by atoms with Crippen molar-refractivity contribution in [2.45, 2.75) is 26.6 Å². The molecule has 2 atom stereocenters. The van der Waals surface area contributed by atoms with E-state index >= 15 is 0 Å². The lowest BCUT2D eigenvalue weighted by Gasteiger charge is -2.05. The Hall–Kier alpha value is -0.870. The Morgan fingerprint density at radius 1 is 1.20 bits per heavy atom. The Balaban J connectivity index is 3.44. The van der Waals surface area contributed by atoms with Crippen LogP contribution in [0.2, 0.25) is 0 Å². The molecule has 0 saturated heterocycles. The zero-order valence-electron chi connectivity index (χ0n) is 5.64. The van der Waals surface area contributed by atoms with Crippen molar-refractivity contribution >= 4 is 6.16 Å². The summed E-state index contributed by atoms with van der Waals surface area (Å²) >= 11 is 0. The molecule has 5 heteroatoms. The molecule has 0 rings (SSSR count). The van der Waals surface area contributed by atoms with E-state index in [1.165, 1.54) is 0 Å². The maximum Gasteiger partial charge on any atom is 0.513 e. The fourth-order valence-electron chi connectivity index (χ4n) is 0.293. The number of ether oxygens (including phenoxy) is 2. The number of carbonyl (C=O) groups is 1. The average Bonchev–Trinajstić information content (AvgIpc) is 1.58. The van der Waals surface area contributed by atoms with E-state index in [4.69, 9.17) is 0 Å². The summed E-state index contributed by atoms with van der Waals surface area (Å²) in [6, 6.07) is 0. The van der Waals surface area contributed by atoms with Gasteiger partial charge in [0, 0.05) is 13.8 Å². The van der Waals surface area contributed by atoms with Crippen LogP contribution in [0, 0.1) is 0 Å². The second kappa shape index (κ2) is 4.03. The van der Waals surface area contributed by atoms with Gasteiger partial charge in [-0.05, 0) is 0 Å². The molecule has 0 radical (unpaired) electrons. The lowest BCUT2D eigenvalue weighted by Crippen LogP contribution is -2.15. The van der Waals surface area contributed by atoms with Crippen LogP contribution >= 0.6 is 0 Å². The van der Waals surface area contributed by atoms with Crippen LogP contribution in [0.5, 0.6) is 0 Å². The molecule has 0 spiro atoms. The number of halogens is 2. The maximum absolute atomic E-state index is 11.8. The second-order valence-electron chi connectivity index (χ2n) is 1.57. The largest absolute Gasteiger partial charge is 0.513 e. The van der Waals surface area contributed by atoms with Crippen molar-refractivity contribution in [3.8, 4) is 0 Å². The molecule has 0 saturated carbocycles. The molecule has 0 aliphatic carbocycles. The summed E-state index contributed by atoms with van der Waals surface area (Å²) in [5.41, 5.74) is 0. The summed E-state index contributed by atoms with van der Waals surface area (Å²) in [5.74, 6) is 0. The van der Waals surface area contributed by atoms with Crippen LogP contribution < -0.4 is 0 Å². The minimum atomic E-state index is -1.77. The van der Waals surface area contributed by atoms with Gasteiger partial charge in [0.1, 0.15) is 0 Å². The van der Waals surface area contributed by atoms with E-state index in [2.05, 4.69) is 9.47 Å². The first-order chi connectivity index (χ1) is 4.52. The molecule has 10 heavy (non-hydrogen) atoms. The fraction of sp³-hybridized carbons (Fsp3) is 0.800. The van der Waals surface area contributed by atoms with Crippen LogP contribution in [-0.4, -0.2) is 18.9 Å². The zero-order valence-corrected chi connectivity index (χ0v) is 5.64. The van der Waals surface area contributed by atoms with E-state index in [1.54, 1.807) is 0 Å². The van der Waals surface area contributed by atoms with Crippen molar-refractivity contribution in [2.24, 2.45) is 0 Å². The molecular weight excluding hydrogens is 146 g/mol. The topological polar surface area (TPSA) is 35.5 Å². The summed E-state index contributed by atoms with van der Waals surface area (Å²) in [6.07, 6.45) is -4.89. The number of hydrogen-bond donors (Lipinski definition) is 0. The maximum atomic E-state index is 11.8. The average molecular weight is 154 g/mol. The van der Waals surface area contributed by atoms with Gasteiger partial charge in [-0.3, -0.25) is 0 Å². The van der Waals surface area contributed by atoms with Crippen molar-refractivity contribution in [3.63, 3.8) is 0 Å². The molecule has 0 fully saturated rings. The molecule has 0 unspecified atom stereocenters. The molecule has 0 amide bonds. The lowest BCUT2D eigenvalue weighted by molar-refractivity contribution is -0.0615. The van der Waals surface area contributed by atoms with Gasteiger partial charge >= 0.3 is 6.16 Å². The van der Waals surface area contributed by atoms with Gasteiger partial charge in [-0.15, -0.1) is 0 Å². The summed E-state index contributed by atoms with van der Waals surface area (Å²) in [5, 5.41) is 0. The predicted octanol–water partition coefficient (Wildman–Crippen LogP) is 1.77. The molecule has 0 N–H and O–H groups in total. The molecule has 0 aliphatic heterocycles. The van der Waals surface area contributed by atoms with Gasteiger partial charge < -0.3 is 9.47 Å². The van der Waals surface area contributed by atoms with E-state index in [0.29, 0.717) is 0 Å². The lowest BCUT2D eigenvalue weighted by atomic mass is 10.8. The summed E-state index contributed by atoms with van der Waals surface area (Å²) < 4.78 is 31.1. The van der Waals surface area contributed by atoms with Gasteiger partial charge in [-0.2, -0.15) is 0 Å². The third-order valence-corrected chi connectivity index (χ3v) is 0.517. The summed E-state index contributed by atoms with van der Waals surface area (Å²) in [6.45, 7) is 1.98. The van der Waals surface area contributed by atoms with Gasteiger partial charge in [0.2, 0.25) is 12.7 Å². The van der Waals surface area contributed by atoms with Crippen LogP contribution in [0.1, 0.15) is 13.8 Å². The molecular formula is C5H8F2O3. The molecule has 0 aromatic rings. The zero-order chi connectivity index (χ0) is 8.15. The first-order valence-corrected chi connectivity index (χ1v) is 2.67. The van der Waals surface area contributed by atoms with Crippen molar-refractivity contribution in [1.29, 1.82) is 0 Å². The standard InChI is InChI=1S/C5H8F2O3/c1-3(6)9-5(8)10-4(2)7/h3-4H,1-2H3/t3-,4-/m0/s1. The normalized spacial score (nSPS) is 15.6.